The van der Waals surface area contributed by atoms with Crippen molar-refractivity contribution in [1.29, 1.82) is 0 Å². The summed E-state index contributed by atoms with van der Waals surface area (Å²) in [5.41, 5.74) is 1.29. The zero-order chi connectivity index (χ0) is 15.3. The third kappa shape index (κ3) is 9.14. The van der Waals surface area contributed by atoms with E-state index in [4.69, 9.17) is 4.74 Å². The van der Waals surface area contributed by atoms with Crippen LogP contribution in [0, 0.1) is 0 Å². The summed E-state index contributed by atoms with van der Waals surface area (Å²) in [5.74, 6) is 0.679. The maximum Gasteiger partial charge on any atom is 0.0867 e. The van der Waals surface area contributed by atoms with Crippen LogP contribution in [0.25, 0.3) is 0 Å². The number of aliphatic hydroxyl groups is 1. The molecule has 0 aliphatic rings. The van der Waals surface area contributed by atoms with Gasteiger partial charge in [-0.15, -0.1) is 11.8 Å². The third-order valence-corrected chi connectivity index (χ3v) is 4.19. The largest absolute Gasteiger partial charge is 0.390 e. The molecule has 1 aromatic rings. The molecule has 0 aliphatic heterocycles. The molecule has 1 rings (SSSR count). The first kappa shape index (κ1) is 18.5. The number of aliphatic hydroxyl groups excluding tert-OH is 1. The highest BCUT2D eigenvalue weighted by Gasteiger charge is 2.05. The summed E-state index contributed by atoms with van der Waals surface area (Å²) in [6.45, 7) is 7.44. The highest BCUT2D eigenvalue weighted by Crippen LogP contribution is 2.20. The molecule has 0 saturated carbocycles. The smallest absolute Gasteiger partial charge is 0.0867 e. The normalized spacial score (nSPS) is 12.5. The summed E-state index contributed by atoms with van der Waals surface area (Å²) in [7, 11) is 0. The van der Waals surface area contributed by atoms with E-state index in [0.717, 1.165) is 39.0 Å². The molecule has 4 heteroatoms. The molecule has 1 atom stereocenters. The minimum Gasteiger partial charge on any atom is -0.390 e. The maximum atomic E-state index is 9.89. The number of hydrogen-bond acceptors (Lipinski definition) is 4. The number of benzene rings is 1. The summed E-state index contributed by atoms with van der Waals surface area (Å²) >= 11 is 1.69. The van der Waals surface area contributed by atoms with Crippen LogP contribution in [0.4, 0.5) is 0 Å². The van der Waals surface area contributed by atoms with Crippen LogP contribution in [0.5, 0.6) is 0 Å². The Labute approximate surface area is 133 Å². The van der Waals surface area contributed by atoms with Crippen molar-refractivity contribution in [2.45, 2.75) is 50.7 Å². The van der Waals surface area contributed by atoms with E-state index in [0.29, 0.717) is 12.4 Å². The van der Waals surface area contributed by atoms with Gasteiger partial charge in [-0.25, -0.2) is 0 Å². The van der Waals surface area contributed by atoms with Gasteiger partial charge in [0.1, 0.15) is 0 Å². The molecule has 0 aromatic heterocycles. The minimum absolute atomic E-state index is 0.395. The molecule has 0 radical (unpaired) electrons. The predicted molar refractivity (Wildman–Crippen MR) is 90.9 cm³/mol. The lowest BCUT2D eigenvalue weighted by molar-refractivity contribution is 0.0473. The zero-order valence-corrected chi connectivity index (χ0v) is 14.1. The number of unbranched alkanes of at least 4 members (excludes halogenated alkanes) is 1. The van der Waals surface area contributed by atoms with Gasteiger partial charge in [0, 0.05) is 23.8 Å². The van der Waals surface area contributed by atoms with E-state index < -0.39 is 6.10 Å². The molecule has 0 aliphatic carbocycles. The fourth-order valence-corrected chi connectivity index (χ4v) is 2.75. The number of nitrogens with one attached hydrogen (secondary N) is 1. The highest BCUT2D eigenvalue weighted by atomic mass is 32.2. The topological polar surface area (TPSA) is 41.5 Å². The molecule has 3 nitrogen and oxygen atoms in total. The van der Waals surface area contributed by atoms with Crippen LogP contribution in [0.1, 0.15) is 38.7 Å². The Morgan fingerprint density at radius 3 is 2.90 bits per heavy atom. The molecule has 0 fully saturated rings. The Hall–Kier alpha value is -0.550. The van der Waals surface area contributed by atoms with Gasteiger partial charge in [0.25, 0.3) is 0 Å². The number of rotatable bonds is 12. The van der Waals surface area contributed by atoms with Crippen LogP contribution in [-0.2, 0) is 11.3 Å². The molecule has 0 saturated heterocycles. The monoisotopic (exact) mass is 311 g/mol. The summed E-state index contributed by atoms with van der Waals surface area (Å²) in [6.07, 6.45) is 2.95. The molecular formula is C17H29NO2S. The van der Waals surface area contributed by atoms with E-state index in [9.17, 15) is 5.11 Å². The Bertz CT molecular complexity index is 374. The second kappa shape index (κ2) is 12.0. The highest BCUT2D eigenvalue weighted by molar-refractivity contribution is 7.99. The third-order valence-electron chi connectivity index (χ3n) is 3.05. The van der Waals surface area contributed by atoms with Crippen LogP contribution in [0.2, 0.25) is 0 Å². The summed E-state index contributed by atoms with van der Waals surface area (Å²) in [5, 5.41) is 13.3. The lowest BCUT2D eigenvalue weighted by Gasteiger charge is -2.11. The summed E-state index contributed by atoms with van der Waals surface area (Å²) in [6, 6.07) is 8.50. The molecule has 0 bridgehead atoms. The van der Waals surface area contributed by atoms with E-state index in [-0.39, 0.29) is 0 Å². The average Bonchev–Trinajstić information content (AvgIpc) is 2.50. The van der Waals surface area contributed by atoms with Gasteiger partial charge in [0.05, 0.1) is 12.7 Å². The van der Waals surface area contributed by atoms with Crippen molar-refractivity contribution in [2.24, 2.45) is 0 Å². The Balaban J connectivity index is 2.25. The first-order chi connectivity index (χ1) is 10.3. The quantitative estimate of drug-likeness (QED) is 0.458. The number of thioether (sulfide) groups is 1. The van der Waals surface area contributed by atoms with Gasteiger partial charge < -0.3 is 15.2 Å². The van der Waals surface area contributed by atoms with Gasteiger partial charge >= 0.3 is 0 Å². The van der Waals surface area contributed by atoms with Crippen LogP contribution >= 0.6 is 11.8 Å². The van der Waals surface area contributed by atoms with Crippen LogP contribution in [0.15, 0.2) is 29.2 Å². The van der Waals surface area contributed by atoms with E-state index in [2.05, 4.69) is 43.4 Å². The van der Waals surface area contributed by atoms with Crippen molar-refractivity contribution in [3.8, 4) is 0 Å². The van der Waals surface area contributed by atoms with E-state index in [1.165, 1.54) is 10.5 Å². The van der Waals surface area contributed by atoms with Gasteiger partial charge in [-0.05, 0) is 37.1 Å². The lowest BCUT2D eigenvalue weighted by atomic mass is 10.2. The van der Waals surface area contributed by atoms with E-state index in [1.807, 2.05) is 0 Å². The van der Waals surface area contributed by atoms with E-state index >= 15 is 0 Å². The molecule has 120 valence electrons. The molecular weight excluding hydrogens is 282 g/mol. The molecule has 2 N–H and O–H groups in total. The first-order valence-electron chi connectivity index (χ1n) is 7.94. The molecule has 1 aromatic carbocycles. The van der Waals surface area contributed by atoms with Crippen molar-refractivity contribution in [2.75, 3.05) is 25.5 Å². The molecule has 21 heavy (non-hydrogen) atoms. The van der Waals surface area contributed by atoms with Crippen LogP contribution < -0.4 is 5.32 Å². The minimum atomic E-state index is -0.395. The molecule has 1 unspecified atom stereocenters. The van der Waals surface area contributed by atoms with Crippen molar-refractivity contribution < 1.29 is 9.84 Å². The second-order valence-corrected chi connectivity index (χ2v) is 6.31. The van der Waals surface area contributed by atoms with Gasteiger partial charge in [-0.1, -0.05) is 32.4 Å². The lowest BCUT2D eigenvalue weighted by Crippen LogP contribution is -2.18. The predicted octanol–water partition coefficient (Wildman–Crippen LogP) is 3.46. The standard InChI is InChI=1S/C17H29NO2S/c1-3-5-10-20-13-16(19)14-21-17-8-6-7-15(11-17)12-18-9-4-2/h6-8,11,16,18-19H,3-5,9-10,12-14H2,1-2H3. The van der Waals surface area contributed by atoms with Crippen LogP contribution in [-0.4, -0.2) is 36.7 Å². The average molecular weight is 311 g/mol. The van der Waals surface area contributed by atoms with Crippen LogP contribution in [0.3, 0.4) is 0 Å². The van der Waals surface area contributed by atoms with Gasteiger partial charge in [-0.2, -0.15) is 0 Å². The van der Waals surface area contributed by atoms with E-state index in [1.54, 1.807) is 11.8 Å². The first-order valence-corrected chi connectivity index (χ1v) is 8.93. The fourth-order valence-electron chi connectivity index (χ4n) is 1.86. The van der Waals surface area contributed by atoms with Gasteiger partial charge in [-0.3, -0.25) is 0 Å². The number of ether oxygens (including phenoxy) is 1. The zero-order valence-electron chi connectivity index (χ0n) is 13.3. The Morgan fingerprint density at radius 1 is 1.29 bits per heavy atom. The van der Waals surface area contributed by atoms with Gasteiger partial charge in [0.15, 0.2) is 0 Å². The summed E-state index contributed by atoms with van der Waals surface area (Å²) in [4.78, 5) is 1.21. The number of hydrogen-bond donors (Lipinski definition) is 2. The second-order valence-electron chi connectivity index (χ2n) is 5.22. The molecule has 0 amide bonds. The summed E-state index contributed by atoms with van der Waals surface area (Å²) < 4.78 is 5.44. The SMILES string of the molecule is CCCCOCC(O)CSc1cccc(CNCCC)c1. The van der Waals surface area contributed by atoms with Crippen molar-refractivity contribution >= 4 is 11.8 Å². The Morgan fingerprint density at radius 2 is 2.14 bits per heavy atom. The van der Waals surface area contributed by atoms with Crippen molar-refractivity contribution in [3.63, 3.8) is 0 Å². The van der Waals surface area contributed by atoms with Crippen molar-refractivity contribution in [3.05, 3.63) is 29.8 Å². The fraction of sp³-hybridized carbons (Fsp3) is 0.647. The Kier molecular flexibility index (Phi) is 10.6. The molecule has 0 heterocycles. The van der Waals surface area contributed by atoms with Gasteiger partial charge in [0.2, 0.25) is 0 Å². The maximum absolute atomic E-state index is 9.89. The molecule has 0 spiro atoms. The van der Waals surface area contributed by atoms with Crippen molar-refractivity contribution in [1.82, 2.24) is 5.32 Å².